The Morgan fingerprint density at radius 2 is 1.00 bits per heavy atom. The van der Waals surface area contributed by atoms with Crippen LogP contribution in [0.15, 0.2) is 0 Å². The quantitative estimate of drug-likeness (QED) is 0.702. The molecule has 0 saturated heterocycles. The Kier molecular flexibility index (Phi) is 3.74. The Morgan fingerprint density at radius 3 is 1.22 bits per heavy atom. The van der Waals surface area contributed by atoms with E-state index in [0.29, 0.717) is 37.5 Å². The van der Waals surface area contributed by atoms with Crippen LogP contribution in [0, 0.1) is 11.8 Å². The first-order valence-electron chi connectivity index (χ1n) is 5.89. The van der Waals surface area contributed by atoms with Crippen LogP contribution in [0.3, 0.4) is 0 Å². The van der Waals surface area contributed by atoms with Crippen molar-refractivity contribution >= 4 is 20.2 Å². The average Bonchev–Trinajstić information content (AvgIpc) is 2.53. The zero-order valence-corrected chi connectivity index (χ0v) is 12.0. The molecule has 0 aromatic heterocycles. The number of rotatable bonds is 4. The maximum atomic E-state index is 11.0. The summed E-state index contributed by atoms with van der Waals surface area (Å²) in [6, 6.07) is 0. The standard InChI is InChI=1S/C10H18O6S2/c1-17(11,12)15-9-3-7-5-10(6-8(7)4-9)16-18(2,13)14/h7-10H,3-6H2,1-2H3. The highest BCUT2D eigenvalue weighted by molar-refractivity contribution is 7.86. The molecule has 0 amide bonds. The van der Waals surface area contributed by atoms with Gasteiger partial charge in [-0.1, -0.05) is 0 Å². The third-order valence-corrected chi connectivity index (χ3v) is 4.79. The Balaban J connectivity index is 1.88. The fourth-order valence-electron chi connectivity index (χ4n) is 3.16. The molecule has 2 saturated carbocycles. The van der Waals surface area contributed by atoms with Gasteiger partial charge in [0.15, 0.2) is 0 Å². The maximum absolute atomic E-state index is 11.0. The van der Waals surface area contributed by atoms with Gasteiger partial charge in [0.1, 0.15) is 0 Å². The van der Waals surface area contributed by atoms with Crippen molar-refractivity contribution in [3.8, 4) is 0 Å². The molecular formula is C10H18O6S2. The van der Waals surface area contributed by atoms with Gasteiger partial charge in [-0.2, -0.15) is 16.8 Å². The fourth-order valence-corrected chi connectivity index (χ4v) is 4.46. The highest BCUT2D eigenvalue weighted by Crippen LogP contribution is 2.46. The molecule has 0 aliphatic heterocycles. The molecule has 6 nitrogen and oxygen atoms in total. The van der Waals surface area contributed by atoms with Crippen molar-refractivity contribution in [1.82, 2.24) is 0 Å². The summed E-state index contributed by atoms with van der Waals surface area (Å²) in [7, 11) is -6.82. The average molecular weight is 298 g/mol. The molecule has 2 aliphatic carbocycles. The maximum Gasteiger partial charge on any atom is 0.264 e. The van der Waals surface area contributed by atoms with E-state index in [1.165, 1.54) is 0 Å². The second kappa shape index (κ2) is 4.73. The lowest BCUT2D eigenvalue weighted by Crippen LogP contribution is -2.18. The van der Waals surface area contributed by atoms with E-state index in [1.54, 1.807) is 0 Å². The molecule has 8 heteroatoms. The summed E-state index contributed by atoms with van der Waals surface area (Å²) in [6.07, 6.45) is 4.27. The van der Waals surface area contributed by atoms with Gasteiger partial charge in [-0.05, 0) is 37.5 Å². The van der Waals surface area contributed by atoms with Crippen molar-refractivity contribution in [2.75, 3.05) is 12.5 Å². The van der Waals surface area contributed by atoms with Gasteiger partial charge in [-0.25, -0.2) is 0 Å². The molecule has 0 spiro atoms. The molecule has 2 aliphatic rings. The topological polar surface area (TPSA) is 86.7 Å². The molecule has 0 radical (unpaired) electrons. The second-order valence-electron chi connectivity index (χ2n) is 5.31. The summed E-state index contributed by atoms with van der Waals surface area (Å²) in [5.74, 6) is 0.618. The van der Waals surface area contributed by atoms with E-state index in [0.717, 1.165) is 12.5 Å². The van der Waals surface area contributed by atoms with Crippen LogP contribution in [0.25, 0.3) is 0 Å². The van der Waals surface area contributed by atoms with E-state index < -0.39 is 20.2 Å². The first kappa shape index (κ1) is 14.2. The van der Waals surface area contributed by atoms with Crippen molar-refractivity contribution < 1.29 is 25.2 Å². The summed E-state index contributed by atoms with van der Waals surface area (Å²) in [6.45, 7) is 0. The van der Waals surface area contributed by atoms with Crippen molar-refractivity contribution in [3.05, 3.63) is 0 Å². The van der Waals surface area contributed by atoms with Crippen LogP contribution in [-0.2, 0) is 28.6 Å². The van der Waals surface area contributed by atoms with Crippen LogP contribution in [0.4, 0.5) is 0 Å². The van der Waals surface area contributed by atoms with Crippen molar-refractivity contribution in [1.29, 1.82) is 0 Å². The van der Waals surface area contributed by atoms with Crippen LogP contribution >= 0.6 is 0 Å². The zero-order chi connectivity index (χ0) is 13.6. The largest absolute Gasteiger partial charge is 0.267 e. The summed E-state index contributed by atoms with van der Waals surface area (Å²) < 4.78 is 54.1. The molecule has 18 heavy (non-hydrogen) atoms. The molecule has 0 atom stereocenters. The molecular weight excluding hydrogens is 280 g/mol. The Morgan fingerprint density at radius 1 is 0.722 bits per heavy atom. The van der Waals surface area contributed by atoms with Gasteiger partial charge in [0.25, 0.3) is 20.2 Å². The monoisotopic (exact) mass is 298 g/mol. The van der Waals surface area contributed by atoms with Gasteiger partial charge in [0.2, 0.25) is 0 Å². The number of hydrogen-bond acceptors (Lipinski definition) is 6. The number of hydrogen-bond donors (Lipinski definition) is 0. The number of fused-ring (bicyclic) bond motifs is 1. The highest BCUT2D eigenvalue weighted by Gasteiger charge is 2.44. The van der Waals surface area contributed by atoms with E-state index in [-0.39, 0.29) is 12.2 Å². The second-order valence-corrected chi connectivity index (χ2v) is 8.51. The summed E-state index contributed by atoms with van der Waals surface area (Å²) >= 11 is 0. The van der Waals surface area contributed by atoms with Gasteiger partial charge >= 0.3 is 0 Å². The van der Waals surface area contributed by atoms with Crippen molar-refractivity contribution in [2.24, 2.45) is 11.8 Å². The van der Waals surface area contributed by atoms with E-state index >= 15 is 0 Å². The van der Waals surface area contributed by atoms with E-state index in [2.05, 4.69) is 0 Å². The minimum absolute atomic E-state index is 0.255. The van der Waals surface area contributed by atoms with Gasteiger partial charge in [0.05, 0.1) is 24.7 Å². The third kappa shape index (κ3) is 3.91. The van der Waals surface area contributed by atoms with Crippen LogP contribution in [0.1, 0.15) is 25.7 Å². The molecule has 0 bridgehead atoms. The third-order valence-electron chi connectivity index (χ3n) is 3.55. The Bertz CT molecular complexity index is 448. The first-order valence-corrected chi connectivity index (χ1v) is 9.52. The molecule has 106 valence electrons. The van der Waals surface area contributed by atoms with E-state index in [1.807, 2.05) is 0 Å². The van der Waals surface area contributed by atoms with Gasteiger partial charge < -0.3 is 0 Å². The van der Waals surface area contributed by atoms with Gasteiger partial charge in [0, 0.05) is 0 Å². The van der Waals surface area contributed by atoms with Crippen LogP contribution in [-0.4, -0.2) is 41.6 Å². The van der Waals surface area contributed by atoms with Gasteiger partial charge in [-0.15, -0.1) is 0 Å². The molecule has 0 N–H and O–H groups in total. The Labute approximate surface area is 108 Å². The van der Waals surface area contributed by atoms with Crippen LogP contribution in [0.2, 0.25) is 0 Å². The lowest BCUT2D eigenvalue weighted by atomic mass is 10.0. The lowest BCUT2D eigenvalue weighted by molar-refractivity contribution is 0.175. The summed E-state index contributed by atoms with van der Waals surface area (Å²) in [5.41, 5.74) is 0. The van der Waals surface area contributed by atoms with E-state index in [9.17, 15) is 16.8 Å². The summed E-state index contributed by atoms with van der Waals surface area (Å²) in [4.78, 5) is 0. The van der Waals surface area contributed by atoms with Crippen molar-refractivity contribution in [2.45, 2.75) is 37.9 Å². The van der Waals surface area contributed by atoms with Crippen molar-refractivity contribution in [3.63, 3.8) is 0 Å². The normalized spacial score (nSPS) is 36.8. The van der Waals surface area contributed by atoms with Gasteiger partial charge in [-0.3, -0.25) is 8.37 Å². The molecule has 0 aromatic carbocycles. The molecule has 0 aromatic rings. The fraction of sp³-hybridized carbons (Fsp3) is 1.00. The van der Waals surface area contributed by atoms with E-state index in [4.69, 9.17) is 8.37 Å². The molecule has 2 fully saturated rings. The highest BCUT2D eigenvalue weighted by atomic mass is 32.2. The Hall–Kier alpha value is -0.180. The minimum atomic E-state index is -3.41. The summed E-state index contributed by atoms with van der Waals surface area (Å²) in [5, 5.41) is 0. The smallest absolute Gasteiger partial charge is 0.264 e. The predicted molar refractivity (Wildman–Crippen MR) is 64.9 cm³/mol. The minimum Gasteiger partial charge on any atom is -0.267 e. The zero-order valence-electron chi connectivity index (χ0n) is 10.4. The molecule has 2 rings (SSSR count). The van der Waals surface area contributed by atoms with Crippen LogP contribution < -0.4 is 0 Å². The molecule has 0 unspecified atom stereocenters. The first-order chi connectivity index (χ1) is 8.12. The molecule has 0 heterocycles. The lowest BCUT2D eigenvalue weighted by Gasteiger charge is -2.14. The van der Waals surface area contributed by atoms with Crippen LogP contribution in [0.5, 0.6) is 0 Å². The SMILES string of the molecule is CS(=O)(=O)OC1CC2CC(OS(C)(=O)=O)CC2C1. The predicted octanol–water partition coefficient (Wildman–Crippen LogP) is 0.496.